The molecule has 20 heavy (non-hydrogen) atoms. The van der Waals surface area contributed by atoms with Crippen LogP contribution in [0.1, 0.15) is 26.7 Å². The lowest BCUT2D eigenvalue weighted by Crippen LogP contribution is -2.52. The van der Waals surface area contributed by atoms with E-state index in [1.165, 1.54) is 0 Å². The number of anilines is 1. The Morgan fingerprint density at radius 3 is 2.70 bits per heavy atom. The third kappa shape index (κ3) is 6.59. The molecule has 0 aliphatic rings. The van der Waals surface area contributed by atoms with Gasteiger partial charge in [-0.25, -0.2) is 0 Å². The number of hydrogen-bond acceptors (Lipinski definition) is 3. The number of rotatable bonds is 7. The third-order valence-corrected chi connectivity index (χ3v) is 3.35. The van der Waals surface area contributed by atoms with Crippen LogP contribution in [-0.2, 0) is 4.79 Å². The Bertz CT molecular complexity index is 427. The second kappa shape index (κ2) is 9.21. The molecule has 1 amide bonds. The van der Waals surface area contributed by atoms with E-state index in [4.69, 9.17) is 5.73 Å². The summed E-state index contributed by atoms with van der Waals surface area (Å²) in [5.41, 5.74) is 6.19. The van der Waals surface area contributed by atoms with Gasteiger partial charge in [0, 0.05) is 23.2 Å². The number of halogens is 2. The molecule has 114 valence electrons. The van der Waals surface area contributed by atoms with Crippen LogP contribution in [-0.4, -0.2) is 24.5 Å². The normalized spacial score (nSPS) is 13.0. The minimum atomic E-state index is -0.773. The first-order valence-corrected chi connectivity index (χ1v) is 7.31. The van der Waals surface area contributed by atoms with Gasteiger partial charge in [0.05, 0.1) is 5.54 Å². The lowest BCUT2D eigenvalue weighted by Gasteiger charge is -2.22. The fraction of sp³-hybridized carbons (Fsp3) is 0.500. The van der Waals surface area contributed by atoms with Crippen molar-refractivity contribution in [2.45, 2.75) is 32.2 Å². The monoisotopic (exact) mass is 363 g/mol. The molecule has 0 aliphatic heterocycles. The number of benzene rings is 1. The highest BCUT2D eigenvalue weighted by molar-refractivity contribution is 9.10. The van der Waals surface area contributed by atoms with E-state index in [2.05, 4.69) is 26.6 Å². The van der Waals surface area contributed by atoms with Crippen LogP contribution in [0.15, 0.2) is 28.7 Å². The maximum absolute atomic E-state index is 11.8. The summed E-state index contributed by atoms with van der Waals surface area (Å²) in [6.07, 6.45) is 1.59. The maximum atomic E-state index is 11.8. The lowest BCUT2D eigenvalue weighted by atomic mass is 9.97. The highest BCUT2D eigenvalue weighted by Crippen LogP contribution is 2.15. The molecule has 1 atom stereocenters. The molecule has 6 heteroatoms. The molecule has 0 radical (unpaired) electrons. The minimum Gasteiger partial charge on any atom is -0.383 e. The van der Waals surface area contributed by atoms with Gasteiger partial charge in [-0.2, -0.15) is 0 Å². The van der Waals surface area contributed by atoms with Crippen LogP contribution in [0, 0.1) is 0 Å². The molecule has 1 unspecified atom stereocenters. The quantitative estimate of drug-likeness (QED) is 0.652. The molecule has 0 saturated heterocycles. The van der Waals surface area contributed by atoms with Crippen LogP contribution in [0.4, 0.5) is 5.69 Å². The Labute approximate surface area is 135 Å². The molecule has 0 saturated carbocycles. The smallest absolute Gasteiger partial charge is 0.239 e. The summed E-state index contributed by atoms with van der Waals surface area (Å²) in [7, 11) is 0. The fourth-order valence-corrected chi connectivity index (χ4v) is 2.22. The lowest BCUT2D eigenvalue weighted by molar-refractivity contribution is -0.125. The summed E-state index contributed by atoms with van der Waals surface area (Å²) in [6.45, 7) is 5.02. The molecule has 1 aromatic carbocycles. The Balaban J connectivity index is 0.00000361. The number of carbonyl (C=O) groups excluding carboxylic acids is 1. The van der Waals surface area contributed by atoms with Crippen LogP contribution < -0.4 is 16.4 Å². The van der Waals surface area contributed by atoms with Crippen molar-refractivity contribution in [1.82, 2.24) is 5.32 Å². The Morgan fingerprint density at radius 2 is 2.10 bits per heavy atom. The molecular weight excluding hydrogens is 342 g/mol. The highest BCUT2D eigenvalue weighted by Gasteiger charge is 2.26. The van der Waals surface area contributed by atoms with Crippen molar-refractivity contribution in [3.8, 4) is 0 Å². The van der Waals surface area contributed by atoms with Crippen molar-refractivity contribution in [2.24, 2.45) is 5.73 Å². The van der Waals surface area contributed by atoms with Crippen LogP contribution in [0.3, 0.4) is 0 Å². The van der Waals surface area contributed by atoms with Crippen LogP contribution in [0.5, 0.6) is 0 Å². The van der Waals surface area contributed by atoms with E-state index in [0.29, 0.717) is 19.5 Å². The summed E-state index contributed by atoms with van der Waals surface area (Å²) in [5, 5.41) is 6.09. The van der Waals surface area contributed by atoms with Gasteiger partial charge in [-0.05, 0) is 31.5 Å². The molecule has 1 aromatic rings. The first kappa shape index (κ1) is 19.2. The number of hydrogen-bond donors (Lipinski definition) is 3. The van der Waals surface area contributed by atoms with Gasteiger partial charge in [-0.3, -0.25) is 4.79 Å². The SMILES string of the molecule is CCCC(C)(N)C(=O)NCCNc1cccc(Br)c1.Cl. The molecule has 0 fully saturated rings. The first-order valence-electron chi connectivity index (χ1n) is 6.52. The predicted octanol–water partition coefficient (Wildman–Crippen LogP) is 2.92. The van der Waals surface area contributed by atoms with Crippen molar-refractivity contribution in [3.05, 3.63) is 28.7 Å². The van der Waals surface area contributed by atoms with Crippen molar-refractivity contribution in [1.29, 1.82) is 0 Å². The van der Waals surface area contributed by atoms with Crippen molar-refractivity contribution in [3.63, 3.8) is 0 Å². The van der Waals surface area contributed by atoms with Gasteiger partial charge in [0.1, 0.15) is 0 Å². The highest BCUT2D eigenvalue weighted by atomic mass is 79.9. The standard InChI is InChI=1S/C14H22BrN3O.ClH/c1-3-7-14(2,16)13(19)18-9-8-17-12-6-4-5-11(15)10-12;/h4-6,10,17H,3,7-9,16H2,1-2H3,(H,18,19);1H. The molecular formula is C14H23BrClN3O. The molecule has 0 spiro atoms. The molecule has 0 heterocycles. The van der Waals surface area contributed by atoms with E-state index in [1.54, 1.807) is 6.92 Å². The zero-order chi connectivity index (χ0) is 14.3. The summed E-state index contributed by atoms with van der Waals surface area (Å²) in [5.74, 6) is -0.0922. The zero-order valence-corrected chi connectivity index (χ0v) is 14.3. The van der Waals surface area contributed by atoms with Gasteiger partial charge in [0.25, 0.3) is 0 Å². The molecule has 1 rings (SSSR count). The van der Waals surface area contributed by atoms with Crippen LogP contribution >= 0.6 is 28.3 Å². The van der Waals surface area contributed by atoms with E-state index in [9.17, 15) is 4.79 Å². The van der Waals surface area contributed by atoms with Crippen molar-refractivity contribution >= 4 is 39.9 Å². The Morgan fingerprint density at radius 1 is 1.40 bits per heavy atom. The van der Waals surface area contributed by atoms with Crippen molar-refractivity contribution < 1.29 is 4.79 Å². The van der Waals surface area contributed by atoms with E-state index in [-0.39, 0.29) is 18.3 Å². The van der Waals surface area contributed by atoms with Crippen LogP contribution in [0.25, 0.3) is 0 Å². The van der Waals surface area contributed by atoms with Gasteiger partial charge in [0.2, 0.25) is 5.91 Å². The largest absolute Gasteiger partial charge is 0.383 e. The van der Waals surface area contributed by atoms with E-state index < -0.39 is 5.54 Å². The van der Waals surface area contributed by atoms with Crippen LogP contribution in [0.2, 0.25) is 0 Å². The van der Waals surface area contributed by atoms with Gasteiger partial charge in [0.15, 0.2) is 0 Å². The number of nitrogens with two attached hydrogens (primary N) is 1. The fourth-order valence-electron chi connectivity index (χ4n) is 1.82. The van der Waals surface area contributed by atoms with Gasteiger partial charge in [-0.1, -0.05) is 35.3 Å². The van der Waals surface area contributed by atoms with E-state index in [1.807, 2.05) is 31.2 Å². The molecule has 4 N–H and O–H groups in total. The summed E-state index contributed by atoms with van der Waals surface area (Å²) < 4.78 is 1.03. The molecule has 0 aromatic heterocycles. The topological polar surface area (TPSA) is 67.2 Å². The summed E-state index contributed by atoms with van der Waals surface area (Å²) in [4.78, 5) is 11.8. The van der Waals surface area contributed by atoms with E-state index in [0.717, 1.165) is 16.6 Å². The second-order valence-corrected chi connectivity index (χ2v) is 5.78. The first-order chi connectivity index (χ1) is 8.95. The average Bonchev–Trinajstić information content (AvgIpc) is 2.34. The average molecular weight is 365 g/mol. The van der Waals surface area contributed by atoms with Crippen molar-refractivity contribution in [2.75, 3.05) is 18.4 Å². The Hall–Kier alpha value is -0.780. The molecule has 0 bridgehead atoms. The van der Waals surface area contributed by atoms with E-state index >= 15 is 0 Å². The predicted molar refractivity (Wildman–Crippen MR) is 90.4 cm³/mol. The summed E-state index contributed by atoms with van der Waals surface area (Å²) >= 11 is 3.41. The zero-order valence-electron chi connectivity index (χ0n) is 11.9. The minimum absolute atomic E-state index is 0. The number of carbonyl (C=O) groups is 1. The van der Waals surface area contributed by atoms with Gasteiger partial charge >= 0.3 is 0 Å². The second-order valence-electron chi connectivity index (χ2n) is 4.86. The maximum Gasteiger partial charge on any atom is 0.239 e. The third-order valence-electron chi connectivity index (χ3n) is 2.85. The number of nitrogens with one attached hydrogen (secondary N) is 2. The van der Waals surface area contributed by atoms with Gasteiger partial charge < -0.3 is 16.4 Å². The number of amides is 1. The Kier molecular flexibility index (Phi) is 8.85. The molecule has 4 nitrogen and oxygen atoms in total. The van der Waals surface area contributed by atoms with Gasteiger partial charge in [-0.15, -0.1) is 12.4 Å². The molecule has 0 aliphatic carbocycles. The summed E-state index contributed by atoms with van der Waals surface area (Å²) in [6, 6.07) is 7.91.